The number of benzene rings is 1. The molecule has 3 heterocycles. The molecule has 0 spiro atoms. The van der Waals surface area contributed by atoms with Crippen molar-refractivity contribution in [2.24, 2.45) is 0 Å². The van der Waals surface area contributed by atoms with Crippen molar-refractivity contribution >= 4 is 33.0 Å². The highest BCUT2D eigenvalue weighted by Gasteiger charge is 2.33. The minimum absolute atomic E-state index is 0.00885. The molecule has 0 aliphatic heterocycles. The Morgan fingerprint density at radius 3 is 2.41 bits per heavy atom. The molecule has 0 saturated heterocycles. The van der Waals surface area contributed by atoms with Crippen LogP contribution in [0.4, 0.5) is 31.8 Å². The smallest absolute Gasteiger partial charge is 0.232 e. The van der Waals surface area contributed by atoms with Gasteiger partial charge in [0, 0.05) is 53.0 Å². The average molecular weight is 585 g/mol. The topological polar surface area (TPSA) is 150 Å². The maximum atomic E-state index is 14.9. The maximum absolute atomic E-state index is 14.9. The Bertz CT molecular complexity index is 1670. The fourth-order valence-corrected chi connectivity index (χ4v) is 5.13. The quantitative estimate of drug-likeness (QED) is 0.227. The van der Waals surface area contributed by atoms with Gasteiger partial charge in [0.25, 0.3) is 0 Å². The number of hydrogen-bond acceptors (Lipinski definition) is 9. The van der Waals surface area contributed by atoms with Crippen LogP contribution in [-0.2, 0) is 16.6 Å². The van der Waals surface area contributed by atoms with Crippen molar-refractivity contribution in [1.82, 2.24) is 24.7 Å². The number of hydrogen-bond donors (Lipinski definition) is 3. The Morgan fingerprint density at radius 1 is 1.12 bits per heavy atom. The van der Waals surface area contributed by atoms with Crippen molar-refractivity contribution in [2.45, 2.75) is 46.1 Å². The molecule has 0 amide bonds. The Morgan fingerprint density at radius 2 is 1.80 bits per heavy atom. The summed E-state index contributed by atoms with van der Waals surface area (Å²) in [4.78, 5) is 13.0. The number of pyridine rings is 1. The van der Waals surface area contributed by atoms with Gasteiger partial charge in [-0.15, -0.1) is 0 Å². The van der Waals surface area contributed by atoms with E-state index in [1.165, 1.54) is 6.92 Å². The van der Waals surface area contributed by atoms with E-state index in [2.05, 4.69) is 30.1 Å². The normalized spacial score (nSPS) is 13.3. The van der Waals surface area contributed by atoms with Crippen molar-refractivity contribution in [3.05, 3.63) is 65.1 Å². The molecule has 11 nitrogen and oxygen atoms in total. The standard InChI is InChI=1S/C27H30F2N8O3S/c1-4-40-18-12-20(28)19(21(29)13-18)14-37-24(16-6-7-16)15(3)22(35-37)26-33-25(30)23(36-41(38,39)5-2)27(34-26)32-17-8-10-31-11-9-17/h8-13,16,36H,4-7,14H2,1-3H3,(H3,30,31,32,33,34). The first-order valence-electron chi connectivity index (χ1n) is 13.1. The highest BCUT2D eigenvalue weighted by Crippen LogP contribution is 2.44. The number of aromatic nitrogens is 5. The van der Waals surface area contributed by atoms with Gasteiger partial charge in [-0.25, -0.2) is 27.2 Å². The van der Waals surface area contributed by atoms with E-state index in [0.717, 1.165) is 36.2 Å². The van der Waals surface area contributed by atoms with Crippen LogP contribution in [0.1, 0.15) is 49.4 Å². The number of nitrogen functional groups attached to an aromatic ring is 1. The molecule has 1 saturated carbocycles. The van der Waals surface area contributed by atoms with Gasteiger partial charge in [-0.2, -0.15) is 5.10 Å². The molecule has 0 bridgehead atoms. The highest BCUT2D eigenvalue weighted by molar-refractivity contribution is 7.92. The van der Waals surface area contributed by atoms with E-state index in [-0.39, 0.29) is 59.3 Å². The second-order valence-electron chi connectivity index (χ2n) is 9.61. The van der Waals surface area contributed by atoms with Crippen LogP contribution in [-0.4, -0.2) is 45.5 Å². The minimum atomic E-state index is -3.71. The zero-order valence-corrected chi connectivity index (χ0v) is 23.6. The molecule has 1 aliphatic carbocycles. The largest absolute Gasteiger partial charge is 0.494 e. The predicted octanol–water partition coefficient (Wildman–Crippen LogP) is 4.73. The summed E-state index contributed by atoms with van der Waals surface area (Å²) >= 11 is 0. The van der Waals surface area contributed by atoms with Gasteiger partial charge < -0.3 is 15.8 Å². The zero-order valence-electron chi connectivity index (χ0n) is 22.8. The SMILES string of the molecule is CCOc1cc(F)c(Cn2nc(-c3nc(N)c(NS(=O)(=O)CC)c(Nc4ccncc4)n3)c(C)c2C2CC2)c(F)c1. The number of nitrogens with zero attached hydrogens (tertiary/aromatic N) is 5. The summed E-state index contributed by atoms with van der Waals surface area (Å²) in [6, 6.07) is 5.68. The number of anilines is 4. The summed E-state index contributed by atoms with van der Waals surface area (Å²) < 4.78 is 64.0. The van der Waals surface area contributed by atoms with Crippen molar-refractivity contribution in [1.29, 1.82) is 0 Å². The summed E-state index contributed by atoms with van der Waals surface area (Å²) in [7, 11) is -3.71. The van der Waals surface area contributed by atoms with Gasteiger partial charge in [-0.3, -0.25) is 14.4 Å². The average Bonchev–Trinajstić information content (AvgIpc) is 3.71. The summed E-state index contributed by atoms with van der Waals surface area (Å²) in [5.74, 6) is -1.24. The van der Waals surface area contributed by atoms with Crippen molar-refractivity contribution in [3.8, 4) is 17.3 Å². The van der Waals surface area contributed by atoms with Gasteiger partial charge in [0.15, 0.2) is 17.5 Å². The van der Waals surface area contributed by atoms with E-state index in [1.54, 1.807) is 36.1 Å². The third kappa shape index (κ3) is 6.06. The third-order valence-electron chi connectivity index (χ3n) is 6.67. The Kier molecular flexibility index (Phi) is 7.76. The second kappa shape index (κ2) is 11.3. The Balaban J connectivity index is 1.59. The van der Waals surface area contributed by atoms with Gasteiger partial charge in [-0.05, 0) is 45.7 Å². The van der Waals surface area contributed by atoms with Crippen molar-refractivity contribution in [2.75, 3.05) is 28.1 Å². The number of halogens is 2. The molecular weight excluding hydrogens is 554 g/mol. The van der Waals surface area contributed by atoms with Gasteiger partial charge in [0.1, 0.15) is 28.8 Å². The molecule has 0 radical (unpaired) electrons. The molecular formula is C27H30F2N8O3S. The zero-order chi connectivity index (χ0) is 29.3. The number of rotatable bonds is 11. The molecule has 1 aliphatic rings. The molecule has 4 N–H and O–H groups in total. The van der Waals surface area contributed by atoms with Gasteiger partial charge in [0.2, 0.25) is 10.0 Å². The third-order valence-corrected chi connectivity index (χ3v) is 7.94. The molecule has 3 aromatic heterocycles. The van der Waals surface area contributed by atoms with E-state index in [1.807, 2.05) is 6.92 Å². The summed E-state index contributed by atoms with van der Waals surface area (Å²) in [5.41, 5.74) is 8.64. The van der Waals surface area contributed by atoms with Crippen LogP contribution < -0.4 is 20.5 Å². The van der Waals surface area contributed by atoms with E-state index in [0.29, 0.717) is 11.4 Å². The molecule has 41 heavy (non-hydrogen) atoms. The van der Waals surface area contributed by atoms with Crippen LogP contribution in [0, 0.1) is 18.6 Å². The lowest BCUT2D eigenvalue weighted by Crippen LogP contribution is -2.18. The molecule has 216 valence electrons. The van der Waals surface area contributed by atoms with Crippen molar-refractivity contribution in [3.63, 3.8) is 0 Å². The lowest BCUT2D eigenvalue weighted by atomic mass is 10.1. The van der Waals surface area contributed by atoms with E-state index < -0.39 is 21.7 Å². The second-order valence-corrected chi connectivity index (χ2v) is 11.6. The fraction of sp³-hybridized carbons (Fsp3) is 0.333. The fourth-order valence-electron chi connectivity index (χ4n) is 4.48. The van der Waals surface area contributed by atoms with Crippen LogP contribution in [0.2, 0.25) is 0 Å². The van der Waals surface area contributed by atoms with E-state index in [4.69, 9.17) is 10.5 Å². The van der Waals surface area contributed by atoms with Crippen LogP contribution in [0.5, 0.6) is 5.75 Å². The van der Waals surface area contributed by atoms with Crippen LogP contribution >= 0.6 is 0 Å². The monoisotopic (exact) mass is 584 g/mol. The Labute approximate surface area is 236 Å². The minimum Gasteiger partial charge on any atom is -0.494 e. The number of nitrogens with two attached hydrogens (primary N) is 1. The molecule has 14 heteroatoms. The summed E-state index contributed by atoms with van der Waals surface area (Å²) in [5, 5.41) is 7.76. The van der Waals surface area contributed by atoms with Crippen molar-refractivity contribution < 1.29 is 21.9 Å². The lowest BCUT2D eigenvalue weighted by molar-refractivity contribution is 0.335. The molecule has 1 aromatic carbocycles. The van der Waals surface area contributed by atoms with E-state index >= 15 is 0 Å². The van der Waals surface area contributed by atoms with Gasteiger partial charge >= 0.3 is 0 Å². The van der Waals surface area contributed by atoms with Crippen LogP contribution in [0.15, 0.2) is 36.7 Å². The predicted molar refractivity (Wildman–Crippen MR) is 152 cm³/mol. The Hall–Kier alpha value is -4.33. The van der Waals surface area contributed by atoms with Gasteiger partial charge in [0.05, 0.1) is 18.9 Å². The van der Waals surface area contributed by atoms with Crippen LogP contribution in [0.25, 0.3) is 11.5 Å². The van der Waals surface area contributed by atoms with Gasteiger partial charge in [-0.1, -0.05) is 0 Å². The van der Waals surface area contributed by atoms with Crippen LogP contribution in [0.3, 0.4) is 0 Å². The first kappa shape index (κ1) is 28.2. The lowest BCUT2D eigenvalue weighted by Gasteiger charge is -2.15. The highest BCUT2D eigenvalue weighted by atomic mass is 32.2. The summed E-state index contributed by atoms with van der Waals surface area (Å²) in [6.07, 6.45) is 4.96. The molecule has 0 atom stereocenters. The summed E-state index contributed by atoms with van der Waals surface area (Å²) in [6.45, 7) is 5.21. The number of sulfonamides is 1. The first-order chi connectivity index (χ1) is 19.6. The number of ether oxygens (including phenoxy) is 1. The molecule has 5 rings (SSSR count). The first-order valence-corrected chi connectivity index (χ1v) is 14.8. The number of nitrogens with one attached hydrogen (secondary N) is 2. The maximum Gasteiger partial charge on any atom is 0.232 e. The molecule has 4 aromatic rings. The molecule has 0 unspecified atom stereocenters. The molecule has 1 fully saturated rings. The van der Waals surface area contributed by atoms with E-state index in [9.17, 15) is 17.2 Å².